The van der Waals surface area contributed by atoms with Crippen LogP contribution < -0.4 is 0 Å². The van der Waals surface area contributed by atoms with E-state index in [1.807, 2.05) is 4.68 Å². The van der Waals surface area contributed by atoms with Crippen LogP contribution in [0.1, 0.15) is 27.1 Å². The number of thioether (sulfide) groups is 1. The molecule has 0 aliphatic carbocycles. The molecule has 2 aromatic heterocycles. The summed E-state index contributed by atoms with van der Waals surface area (Å²) in [5.74, 6) is 0.892. The van der Waals surface area contributed by atoms with Gasteiger partial charge >= 0.3 is 0 Å². The van der Waals surface area contributed by atoms with Crippen LogP contribution in [-0.2, 0) is 12.3 Å². The number of thiophene rings is 1. The van der Waals surface area contributed by atoms with E-state index in [1.54, 1.807) is 23.1 Å². The van der Waals surface area contributed by atoms with E-state index in [4.69, 9.17) is 0 Å². The Balaban J connectivity index is 1.74. The van der Waals surface area contributed by atoms with Gasteiger partial charge in [0.05, 0.1) is 6.54 Å². The zero-order valence-corrected chi connectivity index (χ0v) is 14.5. The van der Waals surface area contributed by atoms with Gasteiger partial charge in [-0.1, -0.05) is 35.5 Å². The number of hydrogen-bond acceptors (Lipinski definition) is 5. The minimum atomic E-state index is 0.735. The second-order valence-corrected chi connectivity index (χ2v) is 7.34. The van der Waals surface area contributed by atoms with Crippen LogP contribution >= 0.6 is 23.1 Å². The zero-order chi connectivity index (χ0) is 15.5. The predicted octanol–water partition coefficient (Wildman–Crippen LogP) is 4.00. The average Bonchev–Trinajstić information content (AvgIpc) is 3.10. The second kappa shape index (κ2) is 6.62. The second-order valence-electron chi connectivity index (χ2n) is 5.36. The third kappa shape index (κ3) is 3.39. The minimum absolute atomic E-state index is 0.735. The quantitative estimate of drug-likeness (QED) is 0.663. The molecule has 2 heterocycles. The van der Waals surface area contributed by atoms with Gasteiger partial charge in [0.25, 0.3) is 0 Å². The number of aryl methyl sites for hydroxylation is 3. The average molecular weight is 330 g/mol. The Bertz CT molecular complexity index is 739. The summed E-state index contributed by atoms with van der Waals surface area (Å²) in [7, 11) is 0. The van der Waals surface area contributed by atoms with Crippen LogP contribution in [-0.4, -0.2) is 20.2 Å². The summed E-state index contributed by atoms with van der Waals surface area (Å²) in [6.07, 6.45) is 0. The number of aromatic nitrogens is 4. The van der Waals surface area contributed by atoms with Crippen LogP contribution in [0.4, 0.5) is 0 Å². The molecular weight excluding hydrogens is 312 g/mol. The van der Waals surface area contributed by atoms with Crippen molar-refractivity contribution in [3.63, 3.8) is 0 Å². The summed E-state index contributed by atoms with van der Waals surface area (Å²) in [4.78, 5) is 1.26. The molecule has 0 unspecified atom stereocenters. The summed E-state index contributed by atoms with van der Waals surface area (Å²) in [5, 5.41) is 15.0. The van der Waals surface area contributed by atoms with Gasteiger partial charge in [0, 0.05) is 10.6 Å². The molecule has 0 spiro atoms. The molecular formula is C16H18N4S2. The molecule has 0 aliphatic rings. The summed E-state index contributed by atoms with van der Waals surface area (Å²) in [6, 6.07) is 8.63. The third-order valence-corrected chi connectivity index (χ3v) is 5.42. The molecule has 114 valence electrons. The molecule has 0 N–H and O–H groups in total. The Kier molecular flexibility index (Phi) is 4.59. The van der Waals surface area contributed by atoms with Crippen molar-refractivity contribution in [2.75, 3.05) is 0 Å². The summed E-state index contributed by atoms with van der Waals surface area (Å²) in [5.41, 5.74) is 5.36. The maximum Gasteiger partial charge on any atom is 0.209 e. The molecule has 6 heteroatoms. The third-order valence-electron chi connectivity index (χ3n) is 3.57. The molecule has 3 rings (SSSR count). The number of benzene rings is 1. The lowest BCUT2D eigenvalue weighted by Crippen LogP contribution is -2.03. The fourth-order valence-corrected chi connectivity index (χ4v) is 4.28. The maximum atomic E-state index is 4.16. The van der Waals surface area contributed by atoms with Crippen molar-refractivity contribution in [3.05, 3.63) is 56.8 Å². The van der Waals surface area contributed by atoms with Crippen LogP contribution in [0.5, 0.6) is 0 Å². The van der Waals surface area contributed by atoms with Crippen molar-refractivity contribution in [2.24, 2.45) is 0 Å². The van der Waals surface area contributed by atoms with Crippen LogP contribution in [0.2, 0.25) is 0 Å². The van der Waals surface area contributed by atoms with E-state index in [0.717, 1.165) is 17.5 Å². The molecule has 3 aromatic rings. The summed E-state index contributed by atoms with van der Waals surface area (Å²) in [6.45, 7) is 7.21. The van der Waals surface area contributed by atoms with Crippen molar-refractivity contribution in [1.82, 2.24) is 20.2 Å². The SMILES string of the molecule is Cc1cc(C)c(CSc2nnnn2Cc2cccs2)c(C)c1. The molecule has 4 nitrogen and oxygen atoms in total. The van der Waals surface area contributed by atoms with Crippen molar-refractivity contribution in [3.8, 4) is 0 Å². The van der Waals surface area contributed by atoms with Gasteiger partial charge in [-0.05, 0) is 59.3 Å². The first kappa shape index (κ1) is 15.2. The van der Waals surface area contributed by atoms with E-state index < -0.39 is 0 Å². The first-order chi connectivity index (χ1) is 10.6. The molecule has 0 amide bonds. The van der Waals surface area contributed by atoms with Gasteiger partial charge in [0.15, 0.2) is 0 Å². The Morgan fingerprint density at radius 2 is 1.95 bits per heavy atom. The van der Waals surface area contributed by atoms with E-state index in [1.165, 1.54) is 27.1 Å². The minimum Gasteiger partial charge on any atom is -0.215 e. The Labute approximate surface area is 138 Å². The van der Waals surface area contributed by atoms with Gasteiger partial charge in [0.2, 0.25) is 5.16 Å². The first-order valence-corrected chi connectivity index (χ1v) is 8.98. The van der Waals surface area contributed by atoms with Crippen molar-refractivity contribution in [1.29, 1.82) is 0 Å². The van der Waals surface area contributed by atoms with E-state index >= 15 is 0 Å². The molecule has 22 heavy (non-hydrogen) atoms. The van der Waals surface area contributed by atoms with Gasteiger partial charge in [-0.2, -0.15) is 0 Å². The number of rotatable bonds is 5. The maximum absolute atomic E-state index is 4.16. The van der Waals surface area contributed by atoms with Crippen LogP contribution in [0.25, 0.3) is 0 Å². The molecule has 0 saturated carbocycles. The first-order valence-electron chi connectivity index (χ1n) is 7.11. The molecule has 0 saturated heterocycles. The monoisotopic (exact) mass is 330 g/mol. The fourth-order valence-electron chi connectivity index (χ4n) is 2.52. The highest BCUT2D eigenvalue weighted by molar-refractivity contribution is 7.98. The van der Waals surface area contributed by atoms with E-state index in [9.17, 15) is 0 Å². The summed E-state index contributed by atoms with van der Waals surface area (Å²) >= 11 is 3.42. The van der Waals surface area contributed by atoms with Crippen LogP contribution in [0, 0.1) is 20.8 Å². The van der Waals surface area contributed by atoms with Crippen molar-refractivity contribution < 1.29 is 0 Å². The van der Waals surface area contributed by atoms with Gasteiger partial charge in [-0.25, -0.2) is 4.68 Å². The molecule has 0 bridgehead atoms. The lowest BCUT2D eigenvalue weighted by Gasteiger charge is -2.10. The van der Waals surface area contributed by atoms with E-state index in [0.29, 0.717) is 0 Å². The van der Waals surface area contributed by atoms with Gasteiger partial charge in [0.1, 0.15) is 0 Å². The normalized spacial score (nSPS) is 11.0. The molecule has 0 atom stereocenters. The Hall–Kier alpha value is -1.66. The lowest BCUT2D eigenvalue weighted by molar-refractivity contribution is 0.608. The topological polar surface area (TPSA) is 43.6 Å². The van der Waals surface area contributed by atoms with Crippen molar-refractivity contribution in [2.45, 2.75) is 38.2 Å². The van der Waals surface area contributed by atoms with E-state index in [-0.39, 0.29) is 0 Å². The molecule has 0 radical (unpaired) electrons. The number of hydrogen-bond donors (Lipinski definition) is 0. The standard InChI is InChI=1S/C16H18N4S2/c1-11-7-12(2)15(13(3)8-11)10-22-16-17-18-19-20(16)9-14-5-4-6-21-14/h4-8H,9-10H2,1-3H3. The Morgan fingerprint density at radius 3 is 2.64 bits per heavy atom. The van der Waals surface area contributed by atoms with E-state index in [2.05, 4.69) is 65.9 Å². The smallest absolute Gasteiger partial charge is 0.209 e. The lowest BCUT2D eigenvalue weighted by atomic mass is 10.0. The largest absolute Gasteiger partial charge is 0.215 e. The van der Waals surface area contributed by atoms with Crippen LogP contribution in [0.3, 0.4) is 0 Å². The highest BCUT2D eigenvalue weighted by Gasteiger charge is 2.11. The summed E-state index contributed by atoms with van der Waals surface area (Å²) < 4.78 is 1.87. The molecule has 0 fully saturated rings. The predicted molar refractivity (Wildman–Crippen MR) is 91.5 cm³/mol. The Morgan fingerprint density at radius 1 is 1.18 bits per heavy atom. The van der Waals surface area contributed by atoms with Gasteiger partial charge in [-0.3, -0.25) is 0 Å². The number of tetrazole rings is 1. The van der Waals surface area contributed by atoms with Gasteiger partial charge in [-0.15, -0.1) is 16.4 Å². The zero-order valence-electron chi connectivity index (χ0n) is 12.9. The molecule has 0 aliphatic heterocycles. The molecule has 1 aromatic carbocycles. The number of nitrogens with zero attached hydrogens (tertiary/aromatic N) is 4. The van der Waals surface area contributed by atoms with Crippen LogP contribution in [0.15, 0.2) is 34.8 Å². The fraction of sp³-hybridized carbons (Fsp3) is 0.312. The highest BCUT2D eigenvalue weighted by Crippen LogP contribution is 2.26. The van der Waals surface area contributed by atoms with Gasteiger partial charge < -0.3 is 0 Å². The van der Waals surface area contributed by atoms with Crippen molar-refractivity contribution >= 4 is 23.1 Å². The highest BCUT2D eigenvalue weighted by atomic mass is 32.2.